The van der Waals surface area contributed by atoms with Crippen molar-refractivity contribution in [1.29, 1.82) is 0 Å². The van der Waals surface area contributed by atoms with Crippen molar-refractivity contribution in [2.45, 2.75) is 322 Å². The molecule has 83 heavy (non-hydrogen) atoms. The molecule has 1 N–H and O–H groups in total. The fourth-order valence-electron chi connectivity index (χ4n) is 9.88. The molecule has 0 amide bonds. The van der Waals surface area contributed by atoms with Crippen molar-refractivity contribution in [2.24, 2.45) is 0 Å². The smallest absolute Gasteiger partial charge is 0.462 e. The van der Waals surface area contributed by atoms with E-state index in [9.17, 15) is 19.0 Å². The Hall–Kier alpha value is -2.81. The summed E-state index contributed by atoms with van der Waals surface area (Å²) in [4.78, 5) is 35.9. The van der Waals surface area contributed by atoms with Crippen LogP contribution in [0.4, 0.5) is 0 Å². The minimum Gasteiger partial charge on any atom is -0.462 e. The summed E-state index contributed by atoms with van der Waals surface area (Å²) in [5.41, 5.74) is 0. The summed E-state index contributed by atoms with van der Waals surface area (Å²) >= 11 is 0. The van der Waals surface area contributed by atoms with Gasteiger partial charge in [0, 0.05) is 12.8 Å². The fraction of sp³-hybridized carbons (Fsp3) is 0.781. The second-order valence-corrected chi connectivity index (χ2v) is 26.0. The molecule has 0 aliphatic carbocycles. The molecule has 2 unspecified atom stereocenters. The molecule has 0 aliphatic heterocycles. The average molecular weight is 1180 g/mol. The van der Waals surface area contributed by atoms with Gasteiger partial charge in [0.15, 0.2) is 6.10 Å². The van der Waals surface area contributed by atoms with E-state index in [0.717, 1.165) is 96.3 Å². The number of carbonyl (C=O) groups is 2. The van der Waals surface area contributed by atoms with Gasteiger partial charge in [0.25, 0.3) is 0 Å². The lowest BCUT2D eigenvalue weighted by atomic mass is 10.0. The van der Waals surface area contributed by atoms with Crippen LogP contribution in [0.2, 0.25) is 0 Å². The molecule has 2 atom stereocenters. The molecule has 0 aliphatic rings. The number of rotatable bonds is 64. The van der Waals surface area contributed by atoms with Crippen molar-refractivity contribution in [3.63, 3.8) is 0 Å². The summed E-state index contributed by atoms with van der Waals surface area (Å²) in [6.07, 6.45) is 87.0. The predicted octanol–water partition coefficient (Wildman–Crippen LogP) is 22.5. The minimum absolute atomic E-state index is 0.0249. The highest BCUT2D eigenvalue weighted by molar-refractivity contribution is 7.47. The van der Waals surface area contributed by atoms with Gasteiger partial charge >= 0.3 is 19.8 Å². The highest BCUT2D eigenvalue weighted by Crippen LogP contribution is 2.43. The van der Waals surface area contributed by atoms with E-state index in [1.807, 2.05) is 21.1 Å². The van der Waals surface area contributed by atoms with Crippen LogP contribution < -0.4 is 0 Å². The van der Waals surface area contributed by atoms with Crippen molar-refractivity contribution in [3.05, 3.63) is 85.1 Å². The summed E-state index contributed by atoms with van der Waals surface area (Å²) in [5, 5.41) is 0. The first-order valence-electron chi connectivity index (χ1n) is 34.8. The molecule has 0 aromatic heterocycles. The third-order valence-electron chi connectivity index (χ3n) is 15.2. The van der Waals surface area contributed by atoms with Crippen LogP contribution in [0.5, 0.6) is 0 Å². The predicted molar refractivity (Wildman–Crippen MR) is 358 cm³/mol. The minimum atomic E-state index is -4.40. The lowest BCUT2D eigenvalue weighted by Gasteiger charge is -2.24. The number of quaternary nitrogens is 1. The van der Waals surface area contributed by atoms with E-state index in [-0.39, 0.29) is 32.0 Å². The Balaban J connectivity index is 4.07. The Labute approximate surface area is 513 Å². The van der Waals surface area contributed by atoms with E-state index >= 15 is 0 Å². The molecule has 0 radical (unpaired) electrons. The monoisotopic (exact) mass is 1180 g/mol. The van der Waals surface area contributed by atoms with Gasteiger partial charge in [0.05, 0.1) is 27.7 Å². The highest BCUT2D eigenvalue weighted by atomic mass is 31.2. The number of carbonyl (C=O) groups excluding carboxylic acids is 2. The Morgan fingerprint density at radius 3 is 1.02 bits per heavy atom. The van der Waals surface area contributed by atoms with Gasteiger partial charge in [0.2, 0.25) is 0 Å². The molecule has 0 heterocycles. The van der Waals surface area contributed by atoms with Crippen molar-refractivity contribution in [1.82, 2.24) is 0 Å². The van der Waals surface area contributed by atoms with E-state index in [1.54, 1.807) is 0 Å². The number of hydrogen-bond acceptors (Lipinski definition) is 7. The number of esters is 2. The molecule has 0 saturated heterocycles. The SMILES string of the molecule is CC/C=C\C/C=C\C/C=C\C/C=C\C/C=C\C/C=C\C/C=C\CCCCCCCC(=O)OC(COC(=O)CCCCCCCCCCCCCCCCCCCCCCCCCCCCCCCCCC)COP(=O)(O)OCC[N+](C)(C)C. The van der Waals surface area contributed by atoms with Crippen LogP contribution in [-0.2, 0) is 32.7 Å². The number of unbranched alkanes of at least 4 members (excludes halogenated alkanes) is 36. The molecule has 0 fully saturated rings. The number of likely N-dealkylation sites (N-methyl/N-ethyl adjacent to an activating group) is 1. The Morgan fingerprint density at radius 1 is 0.386 bits per heavy atom. The first-order valence-corrected chi connectivity index (χ1v) is 36.3. The first-order chi connectivity index (χ1) is 40.5. The van der Waals surface area contributed by atoms with Gasteiger partial charge in [-0.1, -0.05) is 317 Å². The van der Waals surface area contributed by atoms with Crippen LogP contribution in [-0.4, -0.2) is 74.9 Å². The zero-order chi connectivity index (χ0) is 60.5. The number of nitrogens with zero attached hydrogens (tertiary/aromatic N) is 1. The number of phosphoric ester groups is 1. The second kappa shape index (κ2) is 63.7. The third-order valence-corrected chi connectivity index (χ3v) is 16.2. The van der Waals surface area contributed by atoms with Crippen LogP contribution in [0, 0.1) is 0 Å². The maximum atomic E-state index is 12.9. The van der Waals surface area contributed by atoms with Crippen LogP contribution in [0.15, 0.2) is 85.1 Å². The Kier molecular flexibility index (Phi) is 61.5. The largest absolute Gasteiger partial charge is 0.472 e. The molecule has 0 saturated carbocycles. The van der Waals surface area contributed by atoms with E-state index in [0.29, 0.717) is 17.4 Å². The third kappa shape index (κ3) is 68.2. The molecule has 0 spiro atoms. The van der Waals surface area contributed by atoms with Gasteiger partial charge < -0.3 is 18.9 Å². The Morgan fingerprint density at radius 2 is 0.687 bits per heavy atom. The quantitative estimate of drug-likeness (QED) is 0.0211. The number of phosphoric acid groups is 1. The topological polar surface area (TPSA) is 108 Å². The van der Waals surface area contributed by atoms with Gasteiger partial charge in [-0.15, -0.1) is 0 Å². The van der Waals surface area contributed by atoms with Crippen LogP contribution in [0.1, 0.15) is 316 Å². The second-order valence-electron chi connectivity index (χ2n) is 24.5. The zero-order valence-electron chi connectivity index (χ0n) is 54.9. The van der Waals surface area contributed by atoms with E-state index < -0.39 is 26.5 Å². The zero-order valence-corrected chi connectivity index (χ0v) is 55.8. The van der Waals surface area contributed by atoms with Crippen molar-refractivity contribution < 1.29 is 42.1 Å². The molecule has 9 nitrogen and oxygen atoms in total. The van der Waals surface area contributed by atoms with E-state index in [1.165, 1.54) is 186 Å². The van der Waals surface area contributed by atoms with Crippen LogP contribution >= 0.6 is 7.82 Å². The average Bonchev–Trinajstić information content (AvgIpc) is 3.49. The normalized spacial score (nSPS) is 13.7. The molecular formula is C73H133NO8P+. The van der Waals surface area contributed by atoms with Gasteiger partial charge in [-0.2, -0.15) is 0 Å². The highest BCUT2D eigenvalue weighted by Gasteiger charge is 2.27. The summed E-state index contributed by atoms with van der Waals surface area (Å²) in [6, 6.07) is 0. The van der Waals surface area contributed by atoms with Crippen molar-refractivity contribution in [2.75, 3.05) is 47.5 Å². The standard InChI is InChI=1S/C73H132NO8P/c1-6-8-10-12-14-16-18-20-22-24-26-28-30-32-34-35-36-37-38-40-41-43-45-47-49-51-53-55-57-59-61-63-65-72(75)79-69-71(70-81-83(77,78)80-68-67-74(3,4)5)82-73(76)66-64-62-60-58-56-54-52-50-48-46-44-42-39-33-31-29-27-25-23-21-19-17-15-13-11-9-7-2/h9,11,15,17,21,23,27,29,33,39,44,46,50,52,71H,6-8,10,12-14,16,18-20,22,24-26,28,30-32,34-38,40-43,45,47-49,51,53-70H2,1-5H3/p+1/b11-9-,17-15-,23-21-,29-27-,39-33-,46-44-,52-50-. The summed E-state index contributed by atoms with van der Waals surface area (Å²) in [7, 11) is 1.46. The molecule has 0 bridgehead atoms. The van der Waals surface area contributed by atoms with Gasteiger partial charge in [-0.05, 0) is 70.6 Å². The summed E-state index contributed by atoms with van der Waals surface area (Å²) in [5.74, 6) is -0.812. The number of ether oxygens (including phenoxy) is 2. The summed E-state index contributed by atoms with van der Waals surface area (Å²) < 4.78 is 34.7. The van der Waals surface area contributed by atoms with Crippen molar-refractivity contribution >= 4 is 19.8 Å². The first kappa shape index (κ1) is 80.2. The molecule has 482 valence electrons. The number of hydrogen-bond donors (Lipinski definition) is 1. The lowest BCUT2D eigenvalue weighted by Crippen LogP contribution is -2.37. The van der Waals surface area contributed by atoms with E-state index in [4.69, 9.17) is 18.5 Å². The van der Waals surface area contributed by atoms with Gasteiger partial charge in [0.1, 0.15) is 19.8 Å². The van der Waals surface area contributed by atoms with Crippen molar-refractivity contribution in [3.8, 4) is 0 Å². The summed E-state index contributed by atoms with van der Waals surface area (Å²) in [6.45, 7) is 4.33. The Bertz CT molecular complexity index is 1680. The fourth-order valence-corrected chi connectivity index (χ4v) is 10.6. The molecule has 0 aromatic carbocycles. The maximum absolute atomic E-state index is 12.9. The van der Waals surface area contributed by atoms with E-state index in [2.05, 4.69) is 98.9 Å². The molecular weight excluding hydrogens is 1050 g/mol. The van der Waals surface area contributed by atoms with Crippen LogP contribution in [0.25, 0.3) is 0 Å². The van der Waals surface area contributed by atoms with Crippen LogP contribution in [0.3, 0.4) is 0 Å². The lowest BCUT2D eigenvalue weighted by molar-refractivity contribution is -0.870. The van der Waals surface area contributed by atoms with Gasteiger partial charge in [-0.25, -0.2) is 4.57 Å². The molecule has 0 aromatic rings. The molecule has 0 rings (SSSR count). The van der Waals surface area contributed by atoms with Gasteiger partial charge in [-0.3, -0.25) is 18.6 Å². The molecule has 10 heteroatoms. The number of allylic oxidation sites excluding steroid dienone is 14. The maximum Gasteiger partial charge on any atom is 0.472 e.